The van der Waals surface area contributed by atoms with E-state index < -0.39 is 40.1 Å². The molecule has 0 amide bonds. The van der Waals surface area contributed by atoms with E-state index in [1.165, 1.54) is 29.3 Å². The number of aliphatic hydroxyl groups is 1. The number of hydrogen-bond acceptors (Lipinski definition) is 9. The number of nitro benzene ring substituents is 1. The number of halogens is 6. The number of benzene rings is 1. The highest BCUT2D eigenvalue weighted by Gasteiger charge is 2.55. The molecular formula is C10H12F6N4O7S2. The van der Waals surface area contributed by atoms with Crippen molar-refractivity contribution < 1.29 is 53.2 Å². The maximum absolute atomic E-state index is 11.5. The maximum atomic E-state index is 11.5. The zero-order valence-electron chi connectivity index (χ0n) is 13.7. The molecule has 4 N–H and O–H groups in total. The lowest BCUT2D eigenvalue weighted by Crippen LogP contribution is -2.45. The van der Waals surface area contributed by atoms with Gasteiger partial charge >= 0.3 is 31.1 Å². The van der Waals surface area contributed by atoms with E-state index in [2.05, 4.69) is 0 Å². The van der Waals surface area contributed by atoms with Gasteiger partial charge < -0.3 is 10.1 Å². The summed E-state index contributed by atoms with van der Waals surface area (Å²) in [7, 11) is -13.2. The van der Waals surface area contributed by atoms with Crippen LogP contribution in [0.2, 0.25) is 0 Å². The monoisotopic (exact) mass is 478 g/mol. The highest BCUT2D eigenvalue weighted by atomic mass is 32.3. The molecule has 1 aromatic rings. The van der Waals surface area contributed by atoms with Gasteiger partial charge in [-0.25, -0.2) is 22.7 Å². The largest absolute Gasteiger partial charge is 0.512 e. The lowest BCUT2D eigenvalue weighted by molar-refractivity contribution is -0.384. The molecular weight excluding hydrogens is 466 g/mol. The minimum absolute atomic E-state index is 0.0196. The number of aliphatic hydroxyl groups excluding tert-OH is 1. The van der Waals surface area contributed by atoms with E-state index in [9.17, 15) is 53.3 Å². The van der Waals surface area contributed by atoms with Crippen LogP contribution in [0.5, 0.6) is 0 Å². The molecule has 0 saturated carbocycles. The van der Waals surface area contributed by atoms with Gasteiger partial charge in [0.15, 0.2) is 0 Å². The summed E-state index contributed by atoms with van der Waals surface area (Å²) in [5.74, 6) is 5.54. The number of nitrogens with zero attached hydrogens (tertiary/aromatic N) is 2. The van der Waals surface area contributed by atoms with Crippen molar-refractivity contribution in [2.24, 2.45) is 5.84 Å². The Morgan fingerprint density at radius 3 is 1.66 bits per heavy atom. The predicted molar refractivity (Wildman–Crippen MR) is 84.8 cm³/mol. The van der Waals surface area contributed by atoms with E-state index in [0.717, 1.165) is 0 Å². The minimum atomic E-state index is -6.60. The maximum Gasteiger partial charge on any atom is 0.512 e. The molecule has 0 spiro atoms. The Hall–Kier alpha value is -2.22. The van der Waals surface area contributed by atoms with Crippen LogP contribution in [-0.4, -0.2) is 51.0 Å². The summed E-state index contributed by atoms with van der Waals surface area (Å²) in [6.07, 6.45) is 0. The first-order chi connectivity index (χ1) is 12.9. The third-order valence-corrected chi connectivity index (χ3v) is 5.54. The molecule has 0 aliphatic rings. The molecule has 0 aliphatic carbocycles. The van der Waals surface area contributed by atoms with E-state index in [1.807, 2.05) is 0 Å². The van der Waals surface area contributed by atoms with Gasteiger partial charge in [-0.2, -0.15) is 26.3 Å². The Balaban J connectivity index is 0.000000541. The number of alkyl halides is 6. The zero-order chi connectivity index (χ0) is 23.3. The van der Waals surface area contributed by atoms with E-state index in [-0.39, 0.29) is 18.8 Å². The minimum Gasteiger partial charge on any atom is -0.394 e. The fraction of sp³-hybridized carbons (Fsp3) is 0.400. The van der Waals surface area contributed by atoms with Crippen LogP contribution in [-0.2, 0) is 20.0 Å². The van der Waals surface area contributed by atoms with Crippen molar-refractivity contribution in [1.29, 1.82) is 0 Å². The van der Waals surface area contributed by atoms with Crippen molar-refractivity contribution in [1.82, 2.24) is 4.13 Å². The Morgan fingerprint density at radius 2 is 1.38 bits per heavy atom. The molecule has 0 atom stereocenters. The summed E-state index contributed by atoms with van der Waals surface area (Å²) in [6, 6.07) is 5.81. The number of sulfonamides is 2. The zero-order valence-corrected chi connectivity index (χ0v) is 15.3. The van der Waals surface area contributed by atoms with Gasteiger partial charge in [0, 0.05) is 12.1 Å². The van der Waals surface area contributed by atoms with Gasteiger partial charge in [0.1, 0.15) is 0 Å². The van der Waals surface area contributed by atoms with Crippen molar-refractivity contribution in [2.75, 3.05) is 18.2 Å². The van der Waals surface area contributed by atoms with Crippen molar-refractivity contribution in [3.8, 4) is 0 Å². The molecule has 19 heteroatoms. The third kappa shape index (κ3) is 7.97. The van der Waals surface area contributed by atoms with Crippen LogP contribution in [0.3, 0.4) is 0 Å². The first-order valence-corrected chi connectivity index (χ1v) is 9.61. The number of hydrogen-bond donors (Lipinski definition) is 3. The van der Waals surface area contributed by atoms with Crippen molar-refractivity contribution in [3.63, 3.8) is 0 Å². The van der Waals surface area contributed by atoms with E-state index in [1.54, 1.807) is 0 Å². The molecule has 0 aliphatic heterocycles. The lowest BCUT2D eigenvalue weighted by Gasteiger charge is -2.16. The molecule has 11 nitrogen and oxygen atoms in total. The number of anilines is 1. The fourth-order valence-corrected chi connectivity index (χ4v) is 3.15. The molecule has 0 unspecified atom stereocenters. The van der Waals surface area contributed by atoms with Gasteiger partial charge in [-0.3, -0.25) is 10.1 Å². The van der Waals surface area contributed by atoms with Crippen LogP contribution in [0, 0.1) is 10.1 Å². The van der Waals surface area contributed by atoms with Crippen LogP contribution >= 0.6 is 0 Å². The molecule has 1 rings (SSSR count). The van der Waals surface area contributed by atoms with Crippen molar-refractivity contribution in [3.05, 3.63) is 34.4 Å². The quantitative estimate of drug-likeness (QED) is 0.228. The molecule has 168 valence electrons. The smallest absolute Gasteiger partial charge is 0.394 e. The fourth-order valence-electron chi connectivity index (χ4n) is 1.24. The van der Waals surface area contributed by atoms with Gasteiger partial charge in [-0.1, -0.05) is 4.13 Å². The standard InChI is InChI=1S/C8H11N3O3.C2HF6NO4S2/c9-10(5-6-12)7-1-3-8(4-2-7)11(13)14;3-1(4,5)14(10,11)9-15(12,13)2(6,7)8/h1-4,12H,5-6,9H2;9H. The first kappa shape index (κ1) is 26.8. The summed E-state index contributed by atoms with van der Waals surface area (Å²) in [6.45, 7) is 0.227. The number of rotatable bonds is 6. The molecule has 0 heterocycles. The normalized spacial score (nSPS) is 12.7. The summed E-state index contributed by atoms with van der Waals surface area (Å²) < 4.78 is 108. The predicted octanol–water partition coefficient (Wildman–Crippen LogP) is 0.542. The van der Waals surface area contributed by atoms with Crippen molar-refractivity contribution in [2.45, 2.75) is 11.0 Å². The Labute approximate surface area is 158 Å². The van der Waals surface area contributed by atoms with Crippen LogP contribution in [0.4, 0.5) is 37.7 Å². The van der Waals surface area contributed by atoms with Gasteiger partial charge in [0.2, 0.25) is 0 Å². The summed E-state index contributed by atoms with van der Waals surface area (Å²) in [5, 5.41) is 20.3. The van der Waals surface area contributed by atoms with Gasteiger partial charge in [0.05, 0.1) is 23.8 Å². The Kier molecular flexibility index (Phi) is 8.79. The molecule has 0 radical (unpaired) electrons. The highest BCUT2D eigenvalue weighted by Crippen LogP contribution is 2.27. The van der Waals surface area contributed by atoms with Gasteiger partial charge in [-0.15, -0.1) is 0 Å². The second kappa shape index (κ2) is 9.52. The van der Waals surface area contributed by atoms with Crippen LogP contribution < -0.4 is 15.0 Å². The Bertz CT molecular complexity index is 858. The van der Waals surface area contributed by atoms with Crippen LogP contribution in [0.15, 0.2) is 24.3 Å². The molecule has 0 fully saturated rings. The van der Waals surface area contributed by atoms with Crippen LogP contribution in [0.25, 0.3) is 0 Å². The SMILES string of the molecule is NN(CCO)c1ccc([N+](=O)[O-])cc1.O=S(=O)(NS(=O)(=O)C(F)(F)F)C(F)(F)F. The average Bonchev–Trinajstić information content (AvgIpc) is 2.52. The third-order valence-electron chi connectivity index (χ3n) is 2.56. The van der Waals surface area contributed by atoms with Gasteiger partial charge in [-0.05, 0) is 12.1 Å². The summed E-state index contributed by atoms with van der Waals surface area (Å²) in [4.78, 5) is 9.85. The number of non-ortho nitro benzene ring substituents is 1. The Morgan fingerprint density at radius 1 is 1.00 bits per heavy atom. The molecule has 0 aromatic heterocycles. The first-order valence-electron chi connectivity index (χ1n) is 6.64. The summed E-state index contributed by atoms with van der Waals surface area (Å²) >= 11 is 0. The molecule has 0 saturated heterocycles. The van der Waals surface area contributed by atoms with Crippen LogP contribution in [0.1, 0.15) is 0 Å². The second-order valence-electron chi connectivity index (χ2n) is 4.67. The molecule has 0 bridgehead atoms. The van der Waals surface area contributed by atoms with Crippen molar-refractivity contribution >= 4 is 31.4 Å². The van der Waals surface area contributed by atoms with Gasteiger partial charge in [0.25, 0.3) is 5.69 Å². The number of nitro groups is 1. The molecule has 1 aromatic carbocycles. The summed E-state index contributed by atoms with van der Waals surface area (Å²) in [5.41, 5.74) is -11.6. The number of nitrogens with one attached hydrogen (secondary N) is 1. The number of nitrogens with two attached hydrogens (primary N) is 1. The lowest BCUT2D eigenvalue weighted by atomic mass is 10.3. The molecule has 29 heavy (non-hydrogen) atoms. The highest BCUT2D eigenvalue weighted by molar-refractivity contribution is 8.05. The number of hydrazine groups is 1. The second-order valence-corrected chi connectivity index (χ2v) is 8.28. The van der Waals surface area contributed by atoms with E-state index >= 15 is 0 Å². The topological polar surface area (TPSA) is 173 Å². The average molecular weight is 478 g/mol. The van der Waals surface area contributed by atoms with E-state index in [0.29, 0.717) is 5.69 Å². The van der Waals surface area contributed by atoms with E-state index in [4.69, 9.17) is 10.9 Å².